The Morgan fingerprint density at radius 3 is 2.56 bits per heavy atom. The number of carboxylic acid groups (broad SMARTS) is 1. The first-order valence-corrected chi connectivity index (χ1v) is 5.78. The molecule has 1 aliphatic carbocycles. The first kappa shape index (κ1) is 13.0. The highest BCUT2D eigenvalue weighted by Gasteiger charge is 2.29. The van der Waals surface area contributed by atoms with E-state index in [0.29, 0.717) is 12.5 Å². The van der Waals surface area contributed by atoms with Gasteiger partial charge in [0.25, 0.3) is 0 Å². The van der Waals surface area contributed by atoms with Crippen molar-refractivity contribution in [2.45, 2.75) is 44.7 Å². The SMILES string of the molecule is CCCC(NCC(=O)N(C)C1CC1)C(=O)O. The van der Waals surface area contributed by atoms with E-state index in [9.17, 15) is 9.59 Å². The summed E-state index contributed by atoms with van der Waals surface area (Å²) in [6, 6.07) is -0.231. The van der Waals surface area contributed by atoms with Gasteiger partial charge in [-0.3, -0.25) is 14.9 Å². The van der Waals surface area contributed by atoms with E-state index in [2.05, 4.69) is 5.32 Å². The predicted octanol–water partition coefficient (Wildman–Crippen LogP) is 0.450. The molecular weight excluding hydrogens is 208 g/mol. The van der Waals surface area contributed by atoms with Gasteiger partial charge in [-0.25, -0.2) is 0 Å². The van der Waals surface area contributed by atoms with E-state index in [1.165, 1.54) is 0 Å². The summed E-state index contributed by atoms with van der Waals surface area (Å²) in [5, 5.41) is 11.7. The topological polar surface area (TPSA) is 69.6 Å². The zero-order valence-corrected chi connectivity index (χ0v) is 9.90. The summed E-state index contributed by atoms with van der Waals surface area (Å²) in [5.41, 5.74) is 0. The van der Waals surface area contributed by atoms with Crippen molar-refractivity contribution < 1.29 is 14.7 Å². The molecule has 0 aromatic heterocycles. The minimum absolute atomic E-state index is 0.0233. The van der Waals surface area contributed by atoms with Crippen LogP contribution >= 0.6 is 0 Å². The summed E-state index contributed by atoms with van der Waals surface area (Å²) in [6.07, 6.45) is 3.48. The molecule has 0 heterocycles. The first-order valence-electron chi connectivity index (χ1n) is 5.78. The smallest absolute Gasteiger partial charge is 0.320 e. The molecule has 1 aliphatic rings. The number of nitrogens with zero attached hydrogens (tertiary/aromatic N) is 1. The van der Waals surface area contributed by atoms with E-state index in [1.807, 2.05) is 6.92 Å². The summed E-state index contributed by atoms with van der Waals surface area (Å²) in [4.78, 5) is 24.2. The fraction of sp³-hybridized carbons (Fsp3) is 0.818. The molecule has 92 valence electrons. The van der Waals surface area contributed by atoms with Crippen molar-refractivity contribution in [3.8, 4) is 0 Å². The van der Waals surface area contributed by atoms with Crippen molar-refractivity contribution >= 4 is 11.9 Å². The molecule has 1 atom stereocenters. The average Bonchev–Trinajstić information content (AvgIpc) is 3.05. The van der Waals surface area contributed by atoms with Crippen molar-refractivity contribution in [3.05, 3.63) is 0 Å². The van der Waals surface area contributed by atoms with Gasteiger partial charge in [-0.15, -0.1) is 0 Å². The Bertz CT molecular complexity index is 264. The number of amides is 1. The Labute approximate surface area is 95.8 Å². The van der Waals surface area contributed by atoms with Gasteiger partial charge in [0.15, 0.2) is 0 Å². The molecule has 0 aromatic rings. The summed E-state index contributed by atoms with van der Waals surface area (Å²) in [7, 11) is 1.78. The molecule has 0 aliphatic heterocycles. The van der Waals surface area contributed by atoms with E-state index in [1.54, 1.807) is 11.9 Å². The molecule has 1 amide bonds. The van der Waals surface area contributed by atoms with Crippen molar-refractivity contribution in [2.75, 3.05) is 13.6 Å². The van der Waals surface area contributed by atoms with Crippen LogP contribution in [0.5, 0.6) is 0 Å². The van der Waals surface area contributed by atoms with Crippen molar-refractivity contribution in [2.24, 2.45) is 0 Å². The standard InChI is InChI=1S/C11H20N2O3/c1-3-4-9(11(15)16)12-7-10(14)13(2)8-5-6-8/h8-9,12H,3-7H2,1-2H3,(H,15,16). The lowest BCUT2D eigenvalue weighted by Gasteiger charge is -2.18. The van der Waals surface area contributed by atoms with Crippen LogP contribution in [0, 0.1) is 0 Å². The Kier molecular flexibility index (Phi) is 4.73. The Morgan fingerprint density at radius 2 is 2.12 bits per heavy atom. The van der Waals surface area contributed by atoms with Gasteiger partial charge in [0.1, 0.15) is 6.04 Å². The van der Waals surface area contributed by atoms with Gasteiger partial charge >= 0.3 is 5.97 Å². The number of carbonyl (C=O) groups excluding carboxylic acids is 1. The van der Waals surface area contributed by atoms with Gasteiger partial charge in [-0.05, 0) is 19.3 Å². The molecule has 0 bridgehead atoms. The zero-order chi connectivity index (χ0) is 12.1. The monoisotopic (exact) mass is 228 g/mol. The van der Waals surface area contributed by atoms with Crippen LogP contribution in [0.4, 0.5) is 0 Å². The largest absolute Gasteiger partial charge is 0.480 e. The number of likely N-dealkylation sites (N-methyl/N-ethyl adjacent to an activating group) is 1. The first-order chi connectivity index (χ1) is 7.56. The molecule has 2 N–H and O–H groups in total. The zero-order valence-electron chi connectivity index (χ0n) is 9.90. The second kappa shape index (κ2) is 5.84. The third-order valence-corrected chi connectivity index (χ3v) is 2.86. The maximum absolute atomic E-state index is 11.6. The minimum atomic E-state index is -0.885. The number of carboxylic acids is 1. The van der Waals surface area contributed by atoms with Gasteiger partial charge in [-0.1, -0.05) is 13.3 Å². The molecule has 0 spiro atoms. The summed E-state index contributed by atoms with van der Waals surface area (Å²) in [6.45, 7) is 2.04. The van der Waals surface area contributed by atoms with Crippen molar-refractivity contribution in [1.29, 1.82) is 0 Å². The van der Waals surface area contributed by atoms with Crippen LogP contribution in [0.2, 0.25) is 0 Å². The molecule has 0 aromatic carbocycles. The molecular formula is C11H20N2O3. The molecule has 1 saturated carbocycles. The normalized spacial score (nSPS) is 16.9. The molecule has 1 unspecified atom stereocenters. The van der Waals surface area contributed by atoms with Gasteiger partial charge in [0.2, 0.25) is 5.91 Å². The van der Waals surface area contributed by atoms with Gasteiger partial charge < -0.3 is 10.0 Å². The Morgan fingerprint density at radius 1 is 1.50 bits per heavy atom. The summed E-state index contributed by atoms with van der Waals surface area (Å²) < 4.78 is 0. The van der Waals surface area contributed by atoms with Gasteiger partial charge in [-0.2, -0.15) is 0 Å². The number of carbonyl (C=O) groups is 2. The number of rotatable bonds is 7. The Hall–Kier alpha value is -1.10. The fourth-order valence-corrected chi connectivity index (χ4v) is 1.60. The molecule has 1 fully saturated rings. The highest BCUT2D eigenvalue weighted by molar-refractivity contribution is 5.80. The van der Waals surface area contributed by atoms with Crippen LogP contribution in [0.1, 0.15) is 32.6 Å². The number of hydrogen-bond acceptors (Lipinski definition) is 3. The quantitative estimate of drug-likeness (QED) is 0.664. The molecule has 5 nitrogen and oxygen atoms in total. The second-order valence-corrected chi connectivity index (χ2v) is 4.30. The number of aliphatic carboxylic acids is 1. The fourth-order valence-electron chi connectivity index (χ4n) is 1.60. The second-order valence-electron chi connectivity index (χ2n) is 4.30. The maximum atomic E-state index is 11.6. The van der Waals surface area contributed by atoms with E-state index in [4.69, 9.17) is 5.11 Å². The lowest BCUT2D eigenvalue weighted by atomic mass is 10.1. The van der Waals surface area contributed by atoms with E-state index in [-0.39, 0.29) is 12.5 Å². The molecule has 0 saturated heterocycles. The molecule has 5 heteroatoms. The summed E-state index contributed by atoms with van der Waals surface area (Å²) in [5.74, 6) is -0.909. The maximum Gasteiger partial charge on any atom is 0.320 e. The number of hydrogen-bond donors (Lipinski definition) is 2. The average molecular weight is 228 g/mol. The third-order valence-electron chi connectivity index (χ3n) is 2.86. The molecule has 0 radical (unpaired) electrons. The van der Waals surface area contributed by atoms with Gasteiger partial charge in [0.05, 0.1) is 6.54 Å². The number of nitrogens with one attached hydrogen (secondary N) is 1. The molecule has 16 heavy (non-hydrogen) atoms. The van der Waals surface area contributed by atoms with Gasteiger partial charge in [0, 0.05) is 13.1 Å². The lowest BCUT2D eigenvalue weighted by molar-refractivity contribution is -0.140. The van der Waals surface area contributed by atoms with Crippen molar-refractivity contribution in [1.82, 2.24) is 10.2 Å². The van der Waals surface area contributed by atoms with Crippen LogP contribution in [-0.4, -0.2) is 47.6 Å². The highest BCUT2D eigenvalue weighted by Crippen LogP contribution is 2.25. The van der Waals surface area contributed by atoms with Crippen LogP contribution in [0.3, 0.4) is 0 Å². The molecule has 1 rings (SSSR count). The summed E-state index contributed by atoms with van der Waals surface area (Å²) >= 11 is 0. The predicted molar refractivity (Wildman–Crippen MR) is 60.1 cm³/mol. The van der Waals surface area contributed by atoms with Crippen LogP contribution in [0.15, 0.2) is 0 Å². The van der Waals surface area contributed by atoms with E-state index in [0.717, 1.165) is 19.3 Å². The highest BCUT2D eigenvalue weighted by atomic mass is 16.4. The van der Waals surface area contributed by atoms with E-state index < -0.39 is 12.0 Å². The lowest BCUT2D eigenvalue weighted by Crippen LogP contribution is -2.44. The van der Waals surface area contributed by atoms with Crippen LogP contribution < -0.4 is 5.32 Å². The van der Waals surface area contributed by atoms with E-state index >= 15 is 0 Å². The third kappa shape index (κ3) is 3.81. The van der Waals surface area contributed by atoms with Crippen LogP contribution in [0.25, 0.3) is 0 Å². The minimum Gasteiger partial charge on any atom is -0.480 e. The van der Waals surface area contributed by atoms with Crippen molar-refractivity contribution in [3.63, 3.8) is 0 Å². The Balaban J connectivity index is 2.30. The van der Waals surface area contributed by atoms with Crippen LogP contribution in [-0.2, 0) is 9.59 Å².